The fourth-order valence-corrected chi connectivity index (χ4v) is 3.91. The highest BCUT2D eigenvalue weighted by molar-refractivity contribution is 7.99. The number of Topliss-reactive ketones (excluding diaryl/α,β-unsaturated/α-hetero) is 1. The van der Waals surface area contributed by atoms with E-state index in [-0.39, 0.29) is 11.5 Å². The Morgan fingerprint density at radius 3 is 2.62 bits per heavy atom. The Morgan fingerprint density at radius 1 is 1.10 bits per heavy atom. The molecule has 0 fully saturated rings. The van der Waals surface area contributed by atoms with Crippen molar-refractivity contribution in [2.24, 2.45) is 0 Å². The monoisotopic (exact) mass is 411 g/mol. The molecule has 0 atom stereocenters. The smallest absolute Gasteiger partial charge is 0.191 e. The molecule has 0 amide bonds. The number of benzene rings is 2. The average Bonchev–Trinajstić information content (AvgIpc) is 3.14. The van der Waals surface area contributed by atoms with Crippen LogP contribution in [0.5, 0.6) is 11.5 Å². The predicted octanol–water partition coefficient (Wildman–Crippen LogP) is 4.66. The molecule has 1 heterocycles. The molecule has 0 radical (unpaired) electrons. The maximum Gasteiger partial charge on any atom is 0.191 e. The molecule has 152 valence electrons. The second-order valence-corrected chi connectivity index (χ2v) is 7.55. The molecule has 0 N–H and O–H groups in total. The number of ketones is 1. The van der Waals surface area contributed by atoms with Crippen molar-refractivity contribution < 1.29 is 14.3 Å². The third-order valence-electron chi connectivity index (χ3n) is 4.48. The third kappa shape index (κ3) is 4.79. The normalized spacial score (nSPS) is 10.8. The molecular weight excluding hydrogens is 386 g/mol. The van der Waals surface area contributed by atoms with Gasteiger partial charge in [-0.15, -0.1) is 10.2 Å². The fraction of sp³-hybridized carbons (Fsp3) is 0.318. The minimum Gasteiger partial charge on any atom is -0.497 e. The van der Waals surface area contributed by atoms with Crippen LogP contribution >= 0.6 is 11.8 Å². The number of carbonyl (C=O) groups is 1. The highest BCUT2D eigenvalue weighted by Gasteiger charge is 2.18. The quantitative estimate of drug-likeness (QED) is 0.377. The zero-order valence-electron chi connectivity index (χ0n) is 17.1. The first-order chi connectivity index (χ1) is 14.1. The van der Waals surface area contributed by atoms with Crippen LogP contribution < -0.4 is 9.47 Å². The first kappa shape index (κ1) is 20.9. The maximum absolute atomic E-state index is 12.8. The standard InChI is InChI=1S/C22H25N3O3S/c1-5-11-25-21(16-8-6-7-15(2)12-16)23-24-22(25)29-14-19(26)18-13-17(27-3)9-10-20(18)28-4/h6-10,12-13H,5,11,14H2,1-4H3. The number of nitrogens with zero attached hydrogens (tertiary/aromatic N) is 3. The van der Waals surface area contributed by atoms with Gasteiger partial charge in [0, 0.05) is 12.1 Å². The fourth-order valence-electron chi connectivity index (χ4n) is 3.06. The van der Waals surface area contributed by atoms with E-state index in [4.69, 9.17) is 9.47 Å². The van der Waals surface area contributed by atoms with Gasteiger partial charge in [-0.1, -0.05) is 42.4 Å². The lowest BCUT2D eigenvalue weighted by atomic mass is 10.1. The zero-order chi connectivity index (χ0) is 20.8. The molecule has 0 spiro atoms. The predicted molar refractivity (Wildman–Crippen MR) is 115 cm³/mol. The molecule has 3 rings (SSSR count). The molecule has 0 aliphatic rings. The second-order valence-electron chi connectivity index (χ2n) is 6.61. The lowest BCUT2D eigenvalue weighted by Gasteiger charge is -2.11. The summed E-state index contributed by atoms with van der Waals surface area (Å²) in [4.78, 5) is 12.8. The van der Waals surface area contributed by atoms with Crippen LogP contribution in [0, 0.1) is 6.92 Å². The van der Waals surface area contributed by atoms with Crippen LogP contribution in [0.3, 0.4) is 0 Å². The van der Waals surface area contributed by atoms with Gasteiger partial charge in [0.15, 0.2) is 16.8 Å². The van der Waals surface area contributed by atoms with Gasteiger partial charge in [0.05, 0.1) is 25.5 Å². The topological polar surface area (TPSA) is 66.2 Å². The van der Waals surface area contributed by atoms with Crippen molar-refractivity contribution >= 4 is 17.5 Å². The number of hydrogen-bond acceptors (Lipinski definition) is 6. The van der Waals surface area contributed by atoms with Gasteiger partial charge >= 0.3 is 0 Å². The number of ether oxygens (including phenoxy) is 2. The van der Waals surface area contributed by atoms with E-state index in [1.165, 1.54) is 17.3 Å². The molecule has 0 saturated carbocycles. The van der Waals surface area contributed by atoms with Crippen LogP contribution in [-0.4, -0.2) is 40.5 Å². The zero-order valence-corrected chi connectivity index (χ0v) is 18.0. The van der Waals surface area contributed by atoms with E-state index >= 15 is 0 Å². The van der Waals surface area contributed by atoms with Crippen molar-refractivity contribution in [3.63, 3.8) is 0 Å². The molecule has 0 unspecified atom stereocenters. The minimum atomic E-state index is -0.0473. The highest BCUT2D eigenvalue weighted by atomic mass is 32.2. The van der Waals surface area contributed by atoms with Crippen LogP contribution in [0.2, 0.25) is 0 Å². The molecule has 0 saturated heterocycles. The summed E-state index contributed by atoms with van der Waals surface area (Å²) >= 11 is 1.39. The lowest BCUT2D eigenvalue weighted by Crippen LogP contribution is -2.07. The minimum absolute atomic E-state index is 0.0473. The van der Waals surface area contributed by atoms with Crippen LogP contribution in [-0.2, 0) is 6.54 Å². The molecule has 29 heavy (non-hydrogen) atoms. The number of thioether (sulfide) groups is 1. The average molecular weight is 412 g/mol. The van der Waals surface area contributed by atoms with Gasteiger partial charge in [0.2, 0.25) is 0 Å². The molecule has 0 bridgehead atoms. The Morgan fingerprint density at radius 2 is 1.93 bits per heavy atom. The second kappa shape index (κ2) is 9.60. The summed E-state index contributed by atoms with van der Waals surface area (Å²) in [6.45, 7) is 4.95. The van der Waals surface area contributed by atoms with E-state index in [2.05, 4.69) is 40.7 Å². The number of aryl methyl sites for hydroxylation is 1. The Hall–Kier alpha value is -2.80. The van der Waals surface area contributed by atoms with Gasteiger partial charge in [-0.3, -0.25) is 4.79 Å². The third-order valence-corrected chi connectivity index (χ3v) is 5.45. The number of hydrogen-bond donors (Lipinski definition) is 0. The summed E-state index contributed by atoms with van der Waals surface area (Å²) in [5.74, 6) is 2.17. The van der Waals surface area contributed by atoms with E-state index in [0.717, 1.165) is 29.5 Å². The van der Waals surface area contributed by atoms with Gasteiger partial charge in [-0.05, 0) is 37.6 Å². The Kier molecular flexibility index (Phi) is 6.93. The lowest BCUT2D eigenvalue weighted by molar-refractivity contribution is 0.101. The maximum atomic E-state index is 12.8. The summed E-state index contributed by atoms with van der Waals surface area (Å²) in [6.07, 6.45) is 0.946. The molecule has 6 nitrogen and oxygen atoms in total. The summed E-state index contributed by atoms with van der Waals surface area (Å²) in [7, 11) is 3.13. The molecule has 2 aromatic carbocycles. The molecule has 7 heteroatoms. The molecule has 0 aliphatic carbocycles. The number of aromatic nitrogens is 3. The summed E-state index contributed by atoms with van der Waals surface area (Å²) in [5, 5.41) is 9.48. The van der Waals surface area contributed by atoms with Crippen molar-refractivity contribution in [3.8, 4) is 22.9 Å². The van der Waals surface area contributed by atoms with Crippen molar-refractivity contribution in [2.45, 2.75) is 32.0 Å². The Labute approximate surface area is 175 Å². The van der Waals surface area contributed by atoms with Gasteiger partial charge in [0.25, 0.3) is 0 Å². The molecule has 3 aromatic rings. The van der Waals surface area contributed by atoms with Crippen LogP contribution in [0.4, 0.5) is 0 Å². The van der Waals surface area contributed by atoms with Gasteiger partial charge < -0.3 is 14.0 Å². The summed E-state index contributed by atoms with van der Waals surface area (Å²) in [6, 6.07) is 13.4. The van der Waals surface area contributed by atoms with Gasteiger partial charge in [0.1, 0.15) is 11.5 Å². The number of carbonyl (C=O) groups excluding carboxylic acids is 1. The first-order valence-electron chi connectivity index (χ1n) is 9.45. The summed E-state index contributed by atoms with van der Waals surface area (Å²) < 4.78 is 12.7. The largest absolute Gasteiger partial charge is 0.497 e. The molecule has 0 aliphatic heterocycles. The van der Waals surface area contributed by atoms with Crippen molar-refractivity contribution in [1.82, 2.24) is 14.8 Å². The summed E-state index contributed by atoms with van der Waals surface area (Å²) in [5.41, 5.74) is 2.70. The van der Waals surface area contributed by atoms with Crippen molar-refractivity contribution in [2.75, 3.05) is 20.0 Å². The Balaban J connectivity index is 1.83. The van der Waals surface area contributed by atoms with E-state index in [0.29, 0.717) is 17.1 Å². The highest BCUT2D eigenvalue weighted by Crippen LogP contribution is 2.28. The van der Waals surface area contributed by atoms with Crippen LogP contribution in [0.1, 0.15) is 29.3 Å². The number of rotatable bonds is 9. The van der Waals surface area contributed by atoms with Crippen molar-refractivity contribution in [1.29, 1.82) is 0 Å². The van der Waals surface area contributed by atoms with Crippen LogP contribution in [0.25, 0.3) is 11.4 Å². The van der Waals surface area contributed by atoms with E-state index in [9.17, 15) is 4.79 Å². The SMILES string of the molecule is CCCn1c(SCC(=O)c2cc(OC)ccc2OC)nnc1-c1cccc(C)c1. The van der Waals surface area contributed by atoms with E-state index in [1.54, 1.807) is 32.4 Å². The van der Waals surface area contributed by atoms with Gasteiger partial charge in [-0.2, -0.15) is 0 Å². The van der Waals surface area contributed by atoms with Crippen LogP contribution in [0.15, 0.2) is 47.6 Å². The van der Waals surface area contributed by atoms with Crippen molar-refractivity contribution in [3.05, 3.63) is 53.6 Å². The van der Waals surface area contributed by atoms with E-state index in [1.807, 2.05) is 12.1 Å². The Bertz CT molecular complexity index is 1000. The molecular formula is C22H25N3O3S. The van der Waals surface area contributed by atoms with E-state index < -0.39 is 0 Å². The van der Waals surface area contributed by atoms with Gasteiger partial charge in [-0.25, -0.2) is 0 Å². The number of methoxy groups -OCH3 is 2. The first-order valence-corrected chi connectivity index (χ1v) is 10.4. The molecule has 1 aromatic heterocycles.